The number of halogens is 3. The van der Waals surface area contributed by atoms with E-state index in [-0.39, 0.29) is 5.82 Å². The fourth-order valence-electron chi connectivity index (χ4n) is 1.92. The van der Waals surface area contributed by atoms with Crippen molar-refractivity contribution in [3.8, 4) is 11.3 Å². The molecule has 2 heterocycles. The molecule has 2 N–H and O–H groups in total. The largest absolute Gasteiger partial charge is 0.383 e. The lowest BCUT2D eigenvalue weighted by atomic mass is 10.1. The molecule has 0 aliphatic carbocycles. The van der Waals surface area contributed by atoms with Gasteiger partial charge in [-0.15, -0.1) is 0 Å². The number of fused-ring (bicyclic) bond motifs is 1. The molecule has 3 aromatic rings. The van der Waals surface area contributed by atoms with Gasteiger partial charge in [-0.25, -0.2) is 9.37 Å². The van der Waals surface area contributed by atoms with Crippen molar-refractivity contribution in [2.75, 3.05) is 5.73 Å². The normalized spacial score (nSPS) is 11.1. The van der Waals surface area contributed by atoms with Gasteiger partial charge in [-0.2, -0.15) is 0 Å². The van der Waals surface area contributed by atoms with Crippen molar-refractivity contribution in [2.24, 2.45) is 0 Å². The van der Waals surface area contributed by atoms with Crippen LogP contribution < -0.4 is 5.73 Å². The third-order valence-corrected chi connectivity index (χ3v) is 3.35. The number of imidazole rings is 1. The molecular formula is C13H8Cl2FN3. The van der Waals surface area contributed by atoms with Gasteiger partial charge in [0.15, 0.2) is 0 Å². The van der Waals surface area contributed by atoms with Gasteiger partial charge in [-0.1, -0.05) is 23.2 Å². The Labute approximate surface area is 118 Å². The number of nitrogens with two attached hydrogens (primary N) is 1. The molecule has 3 rings (SSSR count). The molecule has 6 heteroatoms. The zero-order chi connectivity index (χ0) is 13.6. The molecule has 0 spiro atoms. The molecule has 0 radical (unpaired) electrons. The van der Waals surface area contributed by atoms with Crippen molar-refractivity contribution < 1.29 is 4.39 Å². The van der Waals surface area contributed by atoms with E-state index >= 15 is 0 Å². The van der Waals surface area contributed by atoms with Crippen LogP contribution in [0.2, 0.25) is 10.0 Å². The lowest BCUT2D eigenvalue weighted by Crippen LogP contribution is -1.95. The molecule has 19 heavy (non-hydrogen) atoms. The van der Waals surface area contributed by atoms with Gasteiger partial charge in [0.1, 0.15) is 23.0 Å². The van der Waals surface area contributed by atoms with Gasteiger partial charge in [0.2, 0.25) is 0 Å². The van der Waals surface area contributed by atoms with E-state index in [1.807, 2.05) is 0 Å². The second kappa shape index (κ2) is 4.40. The van der Waals surface area contributed by atoms with E-state index in [9.17, 15) is 4.39 Å². The van der Waals surface area contributed by atoms with Gasteiger partial charge in [-0.05, 0) is 30.3 Å². The van der Waals surface area contributed by atoms with Crippen LogP contribution in [0.15, 0.2) is 36.5 Å². The van der Waals surface area contributed by atoms with Crippen LogP contribution in [-0.2, 0) is 0 Å². The lowest BCUT2D eigenvalue weighted by Gasteiger charge is -2.02. The SMILES string of the molecule is Nc1c(-c2ccc(Cl)cc2Cl)nc2ccc(F)cn12. The maximum Gasteiger partial charge on any atom is 0.140 e. The Bertz CT molecular complexity index is 783. The Balaban J connectivity index is 2.28. The predicted octanol–water partition coefficient (Wildman–Crippen LogP) is 4.03. The van der Waals surface area contributed by atoms with Gasteiger partial charge in [0.25, 0.3) is 0 Å². The van der Waals surface area contributed by atoms with Crippen molar-refractivity contribution in [1.82, 2.24) is 9.38 Å². The monoisotopic (exact) mass is 295 g/mol. The molecule has 0 bridgehead atoms. The van der Waals surface area contributed by atoms with Crippen LogP contribution in [0, 0.1) is 5.82 Å². The molecule has 0 atom stereocenters. The summed E-state index contributed by atoms with van der Waals surface area (Å²) >= 11 is 12.0. The first-order valence-corrected chi connectivity index (χ1v) is 6.20. The number of aromatic nitrogens is 2. The topological polar surface area (TPSA) is 43.3 Å². The van der Waals surface area contributed by atoms with Crippen molar-refractivity contribution in [1.29, 1.82) is 0 Å². The summed E-state index contributed by atoms with van der Waals surface area (Å²) in [4.78, 5) is 4.36. The lowest BCUT2D eigenvalue weighted by molar-refractivity contribution is 0.619. The van der Waals surface area contributed by atoms with Crippen molar-refractivity contribution in [2.45, 2.75) is 0 Å². The first-order chi connectivity index (χ1) is 9.06. The molecule has 0 amide bonds. The van der Waals surface area contributed by atoms with Gasteiger partial charge in [0, 0.05) is 16.8 Å². The van der Waals surface area contributed by atoms with E-state index in [2.05, 4.69) is 4.98 Å². The van der Waals surface area contributed by atoms with E-state index in [4.69, 9.17) is 28.9 Å². The van der Waals surface area contributed by atoms with Crippen molar-refractivity contribution in [3.63, 3.8) is 0 Å². The van der Waals surface area contributed by atoms with E-state index in [1.165, 1.54) is 16.7 Å². The maximum atomic E-state index is 13.2. The molecule has 0 aliphatic rings. The van der Waals surface area contributed by atoms with Crippen molar-refractivity contribution in [3.05, 3.63) is 52.4 Å². The maximum absolute atomic E-state index is 13.2. The average Bonchev–Trinajstić information content (AvgIpc) is 2.67. The Morgan fingerprint density at radius 3 is 2.68 bits per heavy atom. The Hall–Kier alpha value is -1.78. The number of pyridine rings is 1. The summed E-state index contributed by atoms with van der Waals surface area (Å²) in [5.74, 6) is -0.0518. The molecule has 96 valence electrons. The number of hydrogen-bond acceptors (Lipinski definition) is 2. The molecule has 0 fully saturated rings. The van der Waals surface area contributed by atoms with E-state index < -0.39 is 0 Å². The number of nitrogens with zero attached hydrogens (tertiary/aromatic N) is 2. The minimum absolute atomic E-state index is 0.332. The summed E-state index contributed by atoms with van der Waals surface area (Å²) in [6.07, 6.45) is 1.28. The Morgan fingerprint density at radius 2 is 1.95 bits per heavy atom. The van der Waals surface area contributed by atoms with Gasteiger partial charge in [0.05, 0.1) is 5.02 Å². The van der Waals surface area contributed by atoms with Gasteiger partial charge in [-0.3, -0.25) is 4.40 Å². The average molecular weight is 296 g/mol. The number of anilines is 1. The highest BCUT2D eigenvalue weighted by Gasteiger charge is 2.14. The third kappa shape index (κ3) is 2.03. The standard InChI is InChI=1S/C13H8Cl2FN3/c14-7-1-3-9(10(15)5-7)12-13(17)19-6-8(16)2-4-11(19)18-12/h1-6H,17H2. The molecule has 0 saturated heterocycles. The second-order valence-corrected chi connectivity index (χ2v) is 4.89. The number of hydrogen-bond donors (Lipinski definition) is 1. The number of nitrogen functional groups attached to an aromatic ring is 1. The summed E-state index contributed by atoms with van der Waals surface area (Å²) < 4.78 is 14.7. The summed E-state index contributed by atoms with van der Waals surface area (Å²) in [6, 6.07) is 7.93. The summed E-state index contributed by atoms with van der Waals surface area (Å²) in [5.41, 5.74) is 7.71. The number of benzene rings is 1. The fourth-order valence-corrected chi connectivity index (χ4v) is 2.41. The zero-order valence-corrected chi connectivity index (χ0v) is 11.1. The molecular weight excluding hydrogens is 288 g/mol. The van der Waals surface area contributed by atoms with Gasteiger partial charge >= 0.3 is 0 Å². The molecule has 2 aromatic heterocycles. The van der Waals surface area contributed by atoms with Crippen LogP contribution >= 0.6 is 23.2 Å². The van der Waals surface area contributed by atoms with E-state index in [1.54, 1.807) is 24.3 Å². The minimum Gasteiger partial charge on any atom is -0.383 e. The highest BCUT2D eigenvalue weighted by atomic mass is 35.5. The molecule has 0 unspecified atom stereocenters. The smallest absolute Gasteiger partial charge is 0.140 e. The Kier molecular flexibility index (Phi) is 2.84. The minimum atomic E-state index is -0.384. The van der Waals surface area contributed by atoms with Crippen LogP contribution in [-0.4, -0.2) is 9.38 Å². The van der Waals surface area contributed by atoms with Gasteiger partial charge < -0.3 is 5.73 Å². The fraction of sp³-hybridized carbons (Fsp3) is 0. The summed E-state index contributed by atoms with van der Waals surface area (Å²) in [6.45, 7) is 0. The first kappa shape index (κ1) is 12.3. The summed E-state index contributed by atoms with van der Waals surface area (Å²) in [7, 11) is 0. The molecule has 0 aliphatic heterocycles. The Morgan fingerprint density at radius 1 is 1.16 bits per heavy atom. The molecule has 3 nitrogen and oxygen atoms in total. The first-order valence-electron chi connectivity index (χ1n) is 5.45. The summed E-state index contributed by atoms with van der Waals surface area (Å²) in [5, 5.41) is 0.977. The second-order valence-electron chi connectivity index (χ2n) is 4.05. The number of rotatable bonds is 1. The van der Waals surface area contributed by atoms with Crippen LogP contribution in [0.5, 0.6) is 0 Å². The van der Waals surface area contributed by atoms with Crippen LogP contribution in [0.4, 0.5) is 10.2 Å². The highest BCUT2D eigenvalue weighted by Crippen LogP contribution is 2.33. The molecule has 0 saturated carbocycles. The quantitative estimate of drug-likeness (QED) is 0.736. The van der Waals surface area contributed by atoms with Crippen LogP contribution in [0.25, 0.3) is 16.9 Å². The zero-order valence-electron chi connectivity index (χ0n) is 9.57. The van der Waals surface area contributed by atoms with Crippen molar-refractivity contribution >= 4 is 34.7 Å². The molecule has 1 aromatic carbocycles. The van der Waals surface area contributed by atoms with E-state index in [0.29, 0.717) is 32.8 Å². The predicted molar refractivity (Wildman–Crippen MR) is 75.0 cm³/mol. The highest BCUT2D eigenvalue weighted by molar-refractivity contribution is 6.36. The van der Waals surface area contributed by atoms with Crippen LogP contribution in [0.3, 0.4) is 0 Å². The van der Waals surface area contributed by atoms with Crippen LogP contribution in [0.1, 0.15) is 0 Å². The third-order valence-electron chi connectivity index (χ3n) is 2.81. The van der Waals surface area contributed by atoms with E-state index in [0.717, 1.165) is 0 Å².